The van der Waals surface area contributed by atoms with Gasteiger partial charge in [0.15, 0.2) is 0 Å². The lowest BCUT2D eigenvalue weighted by Crippen LogP contribution is -2.25. The number of nitrogens with zero attached hydrogens (tertiary/aromatic N) is 1. The fourth-order valence-electron chi connectivity index (χ4n) is 1.99. The molecule has 6 heteroatoms. The maximum atomic E-state index is 9.54. The van der Waals surface area contributed by atoms with Gasteiger partial charge in [0.05, 0.1) is 22.8 Å². The molecule has 0 amide bonds. The average Bonchev–Trinajstić information content (AvgIpc) is 2.58. The van der Waals surface area contributed by atoms with E-state index in [-0.39, 0.29) is 4.99 Å². The highest BCUT2D eigenvalue weighted by molar-refractivity contribution is 7.80. The SMILES string of the molecule is NC(=S)c1c(Cl)cccc1N1CC(O)C(O)C1. The Kier molecular flexibility index (Phi) is 3.53. The number of hydrogen-bond acceptors (Lipinski definition) is 4. The molecule has 1 aliphatic heterocycles. The van der Waals surface area contributed by atoms with E-state index in [1.165, 1.54) is 0 Å². The molecule has 2 rings (SSSR count). The van der Waals surface area contributed by atoms with Gasteiger partial charge in [0.2, 0.25) is 0 Å². The van der Waals surface area contributed by atoms with Crippen LogP contribution < -0.4 is 10.6 Å². The van der Waals surface area contributed by atoms with Crippen LogP contribution in [0.2, 0.25) is 5.02 Å². The lowest BCUT2D eigenvalue weighted by Gasteiger charge is -2.21. The van der Waals surface area contributed by atoms with Gasteiger partial charge in [-0.3, -0.25) is 0 Å². The van der Waals surface area contributed by atoms with E-state index in [0.29, 0.717) is 23.7 Å². The third-order valence-corrected chi connectivity index (χ3v) is 3.36. The van der Waals surface area contributed by atoms with Crippen LogP contribution in [0.5, 0.6) is 0 Å². The van der Waals surface area contributed by atoms with Crippen LogP contribution >= 0.6 is 23.8 Å². The zero-order valence-corrected chi connectivity index (χ0v) is 10.6. The Bertz CT molecular complexity index is 445. The van der Waals surface area contributed by atoms with Crippen molar-refractivity contribution in [2.45, 2.75) is 12.2 Å². The van der Waals surface area contributed by atoms with Crippen LogP contribution in [0.25, 0.3) is 0 Å². The van der Waals surface area contributed by atoms with Crippen LogP contribution in [0.4, 0.5) is 5.69 Å². The third-order valence-electron chi connectivity index (χ3n) is 2.84. The molecule has 1 aliphatic rings. The highest BCUT2D eigenvalue weighted by Crippen LogP contribution is 2.30. The number of β-amino-alcohol motifs (C(OH)–C–C–N with tert-alkyl or cyclic N) is 2. The van der Waals surface area contributed by atoms with Gasteiger partial charge in [-0.2, -0.15) is 0 Å². The van der Waals surface area contributed by atoms with Gasteiger partial charge in [0.1, 0.15) is 4.99 Å². The second-order valence-corrected chi connectivity index (χ2v) is 4.88. The molecular formula is C11H13ClN2O2S. The highest BCUT2D eigenvalue weighted by Gasteiger charge is 2.31. The largest absolute Gasteiger partial charge is 0.389 e. The second-order valence-electron chi connectivity index (χ2n) is 4.04. The molecule has 1 aromatic rings. The molecule has 2 unspecified atom stereocenters. The zero-order chi connectivity index (χ0) is 12.6. The van der Waals surface area contributed by atoms with Gasteiger partial charge in [0.25, 0.3) is 0 Å². The van der Waals surface area contributed by atoms with E-state index in [1.54, 1.807) is 12.1 Å². The summed E-state index contributed by atoms with van der Waals surface area (Å²) in [4.78, 5) is 2.04. The number of hydrogen-bond donors (Lipinski definition) is 3. The van der Waals surface area contributed by atoms with Crippen LogP contribution in [0.3, 0.4) is 0 Å². The summed E-state index contributed by atoms with van der Waals surface area (Å²) in [7, 11) is 0. The van der Waals surface area contributed by atoms with E-state index in [2.05, 4.69) is 0 Å². The van der Waals surface area contributed by atoms with Crippen LogP contribution in [-0.2, 0) is 0 Å². The average molecular weight is 273 g/mol. The third kappa shape index (κ3) is 2.37. The molecule has 17 heavy (non-hydrogen) atoms. The molecule has 1 fully saturated rings. The molecule has 1 aromatic carbocycles. The van der Waals surface area contributed by atoms with Gasteiger partial charge in [-0.25, -0.2) is 0 Å². The molecule has 4 N–H and O–H groups in total. The van der Waals surface area contributed by atoms with E-state index in [0.717, 1.165) is 5.69 Å². The molecule has 4 nitrogen and oxygen atoms in total. The van der Waals surface area contributed by atoms with Gasteiger partial charge in [-0.1, -0.05) is 29.9 Å². The molecule has 0 saturated carbocycles. The van der Waals surface area contributed by atoms with E-state index in [1.807, 2.05) is 11.0 Å². The maximum Gasteiger partial charge on any atom is 0.107 e. The van der Waals surface area contributed by atoms with Crippen molar-refractivity contribution in [2.75, 3.05) is 18.0 Å². The standard InChI is InChI=1S/C11H13ClN2O2S/c12-6-2-1-3-7(10(6)11(13)17)14-4-8(15)9(16)5-14/h1-3,8-9,15-16H,4-5H2,(H2,13,17). The summed E-state index contributed by atoms with van der Waals surface area (Å²) in [5.41, 5.74) is 6.99. The van der Waals surface area contributed by atoms with E-state index in [9.17, 15) is 10.2 Å². The number of anilines is 1. The smallest absolute Gasteiger partial charge is 0.107 e. The molecule has 2 atom stereocenters. The Hall–Kier alpha value is -0.880. The van der Waals surface area contributed by atoms with Gasteiger partial charge in [0, 0.05) is 18.8 Å². The quantitative estimate of drug-likeness (QED) is 0.685. The molecule has 1 saturated heterocycles. The summed E-state index contributed by atoms with van der Waals surface area (Å²) in [5.74, 6) is 0. The van der Waals surface area contributed by atoms with Gasteiger partial charge in [-0.05, 0) is 12.1 Å². The molecule has 92 valence electrons. The number of aliphatic hydroxyl groups is 2. The van der Waals surface area contributed by atoms with Crippen molar-refractivity contribution in [3.05, 3.63) is 28.8 Å². The predicted molar refractivity (Wildman–Crippen MR) is 71.6 cm³/mol. The lowest BCUT2D eigenvalue weighted by atomic mass is 10.1. The normalized spacial score (nSPS) is 24.1. The topological polar surface area (TPSA) is 69.7 Å². The van der Waals surface area contributed by atoms with Crippen molar-refractivity contribution in [3.8, 4) is 0 Å². The zero-order valence-electron chi connectivity index (χ0n) is 9.01. The number of halogens is 1. The first-order valence-corrected chi connectivity index (χ1v) is 5.98. The van der Waals surface area contributed by atoms with E-state index < -0.39 is 12.2 Å². The summed E-state index contributed by atoms with van der Waals surface area (Å²) >= 11 is 11.0. The van der Waals surface area contributed by atoms with Crippen molar-refractivity contribution >= 4 is 34.5 Å². The number of thiocarbonyl (C=S) groups is 1. The van der Waals surface area contributed by atoms with Crippen LogP contribution in [0, 0.1) is 0 Å². The second kappa shape index (κ2) is 4.78. The monoisotopic (exact) mass is 272 g/mol. The molecule has 0 aliphatic carbocycles. The first-order valence-electron chi connectivity index (χ1n) is 5.20. The Labute approximate surface area is 110 Å². The number of benzene rings is 1. The lowest BCUT2D eigenvalue weighted by molar-refractivity contribution is 0.0572. The summed E-state index contributed by atoms with van der Waals surface area (Å²) in [6, 6.07) is 5.32. The number of nitrogens with two attached hydrogens (primary N) is 1. The summed E-state index contributed by atoms with van der Waals surface area (Å²) < 4.78 is 0. The molecule has 0 spiro atoms. The molecule has 0 aromatic heterocycles. The van der Waals surface area contributed by atoms with Crippen LogP contribution in [0.1, 0.15) is 5.56 Å². The van der Waals surface area contributed by atoms with Gasteiger partial charge >= 0.3 is 0 Å². The van der Waals surface area contributed by atoms with Gasteiger partial charge in [-0.15, -0.1) is 0 Å². The number of aliphatic hydroxyl groups excluding tert-OH is 2. The van der Waals surface area contributed by atoms with E-state index in [4.69, 9.17) is 29.6 Å². The molecule has 0 bridgehead atoms. The molecular weight excluding hydrogens is 260 g/mol. The Balaban J connectivity index is 2.39. The first-order chi connectivity index (χ1) is 8.00. The van der Waals surface area contributed by atoms with Crippen LogP contribution in [0.15, 0.2) is 18.2 Å². The number of rotatable bonds is 2. The highest BCUT2D eigenvalue weighted by atomic mass is 35.5. The maximum absolute atomic E-state index is 9.54. The Morgan fingerprint density at radius 1 is 1.35 bits per heavy atom. The minimum absolute atomic E-state index is 0.210. The van der Waals surface area contributed by atoms with Crippen molar-refractivity contribution in [1.29, 1.82) is 0 Å². The van der Waals surface area contributed by atoms with Crippen molar-refractivity contribution in [3.63, 3.8) is 0 Å². The fraction of sp³-hybridized carbons (Fsp3) is 0.364. The van der Waals surface area contributed by atoms with Crippen molar-refractivity contribution < 1.29 is 10.2 Å². The van der Waals surface area contributed by atoms with Crippen LogP contribution in [-0.4, -0.2) is 40.5 Å². The molecule has 1 heterocycles. The first kappa shape index (κ1) is 12.6. The Morgan fingerprint density at radius 2 is 1.94 bits per heavy atom. The van der Waals surface area contributed by atoms with Crippen molar-refractivity contribution in [1.82, 2.24) is 0 Å². The Morgan fingerprint density at radius 3 is 2.47 bits per heavy atom. The van der Waals surface area contributed by atoms with Gasteiger partial charge < -0.3 is 20.8 Å². The minimum Gasteiger partial charge on any atom is -0.389 e. The summed E-state index contributed by atoms with van der Waals surface area (Å²) in [5, 5.41) is 19.6. The summed E-state index contributed by atoms with van der Waals surface area (Å²) in [6.45, 7) is 0.689. The fourth-order valence-corrected chi connectivity index (χ4v) is 2.53. The van der Waals surface area contributed by atoms with E-state index >= 15 is 0 Å². The molecule has 0 radical (unpaired) electrons. The summed E-state index contributed by atoms with van der Waals surface area (Å²) in [6.07, 6.45) is -1.51. The minimum atomic E-state index is -0.756. The van der Waals surface area contributed by atoms with Crippen molar-refractivity contribution in [2.24, 2.45) is 5.73 Å². The predicted octanol–water partition coefficient (Wildman–Crippen LogP) is 0.516.